The Morgan fingerprint density at radius 2 is 0.902 bits per heavy atom. The van der Waals surface area contributed by atoms with Gasteiger partial charge in [-0.3, -0.25) is 18.3 Å². The standard InChI is InChI=1S/C21H34N10O16P4/c1-12(44-8-48(32,33)34)18(46-10-50(38,39)40)14-16-20(24-3-22-14)30(6-26-16)28-5-29-31-7-27-17-15(23-4-25-21(17)31)19(47-11-51(41,42)43)13(2)45-9-49(35,36)37/h3-4,6-7,12-13,18-19,28-29H,5,8-11H2,1-2H3,(H2,32,33,34)(H2,35,36,37)(H2,38,39,40)(H2,41,42,43)/t12-,13-,18?,19?/m1/s1. The van der Waals surface area contributed by atoms with Crippen molar-refractivity contribution >= 4 is 52.7 Å². The van der Waals surface area contributed by atoms with Crippen molar-refractivity contribution in [2.45, 2.75) is 38.3 Å². The zero-order valence-corrected chi connectivity index (χ0v) is 29.9. The van der Waals surface area contributed by atoms with Crippen molar-refractivity contribution < 1.29 is 76.4 Å². The van der Waals surface area contributed by atoms with Gasteiger partial charge in [-0.15, -0.1) is 0 Å². The Bertz CT molecular complexity index is 1850. The zero-order valence-electron chi connectivity index (χ0n) is 26.4. The average Bonchev–Trinajstić information content (AvgIpc) is 3.62. The summed E-state index contributed by atoms with van der Waals surface area (Å²) in [7, 11) is -18.6. The average molecular weight is 806 g/mol. The second-order valence-electron chi connectivity index (χ2n) is 10.7. The quantitative estimate of drug-likeness (QED) is 0.0385. The van der Waals surface area contributed by atoms with E-state index >= 15 is 0 Å². The van der Waals surface area contributed by atoms with Crippen LogP contribution < -0.4 is 10.9 Å². The van der Waals surface area contributed by atoms with Gasteiger partial charge in [0.15, 0.2) is 11.3 Å². The molecule has 284 valence electrons. The number of fused-ring (bicyclic) bond motifs is 2. The fourth-order valence-electron chi connectivity index (χ4n) is 4.39. The van der Waals surface area contributed by atoms with Crippen molar-refractivity contribution in [3.8, 4) is 0 Å². The van der Waals surface area contributed by atoms with Crippen molar-refractivity contribution in [3.63, 3.8) is 0 Å². The van der Waals surface area contributed by atoms with Gasteiger partial charge in [0, 0.05) is 0 Å². The van der Waals surface area contributed by atoms with Crippen LogP contribution in [0.2, 0.25) is 0 Å². The van der Waals surface area contributed by atoms with Crippen molar-refractivity contribution in [1.29, 1.82) is 0 Å². The van der Waals surface area contributed by atoms with Gasteiger partial charge < -0.3 is 68.9 Å². The molecule has 51 heavy (non-hydrogen) atoms. The molecule has 4 aromatic rings. The minimum atomic E-state index is -4.69. The molecule has 0 radical (unpaired) electrons. The summed E-state index contributed by atoms with van der Waals surface area (Å²) in [5.74, 6) is 0. The maximum atomic E-state index is 11.5. The van der Waals surface area contributed by atoms with Gasteiger partial charge in [0.2, 0.25) is 0 Å². The van der Waals surface area contributed by atoms with Gasteiger partial charge in [0.25, 0.3) is 0 Å². The number of hydrogen-bond donors (Lipinski definition) is 10. The fraction of sp³-hybridized carbons (Fsp3) is 0.524. The first kappa shape index (κ1) is 40.9. The molecule has 0 bridgehead atoms. The van der Waals surface area contributed by atoms with Crippen molar-refractivity contribution in [3.05, 3.63) is 36.7 Å². The van der Waals surface area contributed by atoms with Crippen LogP contribution in [0, 0.1) is 0 Å². The van der Waals surface area contributed by atoms with Crippen LogP contribution in [0.25, 0.3) is 22.3 Å². The van der Waals surface area contributed by atoms with Crippen LogP contribution in [-0.2, 0) is 37.2 Å². The summed E-state index contributed by atoms with van der Waals surface area (Å²) in [6.07, 6.45) is -4.34. The van der Waals surface area contributed by atoms with E-state index in [1.54, 1.807) is 0 Å². The van der Waals surface area contributed by atoms with E-state index in [4.69, 9.17) is 18.9 Å². The molecular weight excluding hydrogens is 772 g/mol. The van der Waals surface area contributed by atoms with Crippen LogP contribution in [0.5, 0.6) is 0 Å². The molecule has 0 spiro atoms. The summed E-state index contributed by atoms with van der Waals surface area (Å²) >= 11 is 0. The van der Waals surface area contributed by atoms with Crippen LogP contribution in [0.3, 0.4) is 0 Å². The van der Waals surface area contributed by atoms with Crippen molar-refractivity contribution in [2.75, 3.05) is 42.9 Å². The van der Waals surface area contributed by atoms with E-state index in [1.165, 1.54) is 35.9 Å². The molecule has 0 aliphatic heterocycles. The summed E-state index contributed by atoms with van der Waals surface area (Å²) in [4.78, 5) is 99.3. The molecule has 0 aliphatic carbocycles. The molecule has 4 atom stereocenters. The number of rotatable bonds is 20. The van der Waals surface area contributed by atoms with Gasteiger partial charge in [0.05, 0.1) is 12.2 Å². The summed E-state index contributed by atoms with van der Waals surface area (Å²) in [5, 5.41) is 0. The molecule has 0 aromatic carbocycles. The minimum Gasteiger partial charge on any atom is -0.363 e. The Morgan fingerprint density at radius 3 is 1.24 bits per heavy atom. The zero-order chi connectivity index (χ0) is 37.8. The molecular formula is C21H34N10O16P4. The highest BCUT2D eigenvalue weighted by molar-refractivity contribution is 7.52. The van der Waals surface area contributed by atoms with Crippen LogP contribution >= 0.6 is 30.4 Å². The van der Waals surface area contributed by atoms with Gasteiger partial charge in [-0.1, -0.05) is 0 Å². The molecule has 2 unspecified atom stereocenters. The molecule has 4 aromatic heterocycles. The Labute approximate surface area is 286 Å². The molecule has 0 saturated heterocycles. The van der Waals surface area contributed by atoms with Crippen molar-refractivity contribution in [1.82, 2.24) is 39.3 Å². The number of imidazole rings is 2. The number of nitrogens with zero attached hydrogens (tertiary/aromatic N) is 8. The van der Waals surface area contributed by atoms with E-state index in [2.05, 4.69) is 40.8 Å². The van der Waals surface area contributed by atoms with Crippen LogP contribution in [0.1, 0.15) is 37.4 Å². The molecule has 0 fully saturated rings. The lowest BCUT2D eigenvalue weighted by Gasteiger charge is -2.24. The van der Waals surface area contributed by atoms with Crippen LogP contribution in [0.15, 0.2) is 25.3 Å². The van der Waals surface area contributed by atoms with E-state index in [0.29, 0.717) is 0 Å². The van der Waals surface area contributed by atoms with Crippen LogP contribution in [-0.4, -0.2) is 123 Å². The molecule has 0 aliphatic rings. The summed E-state index contributed by atoms with van der Waals surface area (Å²) in [5.41, 5.74) is 6.39. The fourth-order valence-corrected chi connectivity index (χ4v) is 5.96. The minimum absolute atomic E-state index is 0.000436. The highest BCUT2D eigenvalue weighted by Gasteiger charge is 2.32. The SMILES string of the molecule is C[C@@H](OCP(=O)(O)O)C(OCP(=O)(O)O)c1ncnc2c1ncn2NCNn1cnc2c(C(OCP(=O)(O)O)[C@@H](C)OCP(=O)(O)O)ncnc21. The van der Waals surface area contributed by atoms with Crippen LogP contribution in [0.4, 0.5) is 0 Å². The normalized spacial score (nSPS) is 15.6. The number of nitrogens with one attached hydrogen (secondary N) is 2. The number of hydrogen-bond acceptors (Lipinski definition) is 16. The first-order valence-corrected chi connectivity index (χ1v) is 21.3. The highest BCUT2D eigenvalue weighted by atomic mass is 31.2. The van der Waals surface area contributed by atoms with Gasteiger partial charge >= 0.3 is 30.4 Å². The number of aromatic nitrogens is 8. The Kier molecular flexibility index (Phi) is 13.2. The van der Waals surface area contributed by atoms with Gasteiger partial charge in [-0.2, -0.15) is 0 Å². The molecule has 4 heterocycles. The van der Waals surface area contributed by atoms with Gasteiger partial charge in [-0.05, 0) is 13.8 Å². The molecule has 0 amide bonds. The summed E-state index contributed by atoms with van der Waals surface area (Å²) in [6, 6.07) is 0. The van der Waals surface area contributed by atoms with Gasteiger partial charge in [0.1, 0.15) is 92.0 Å². The third-order valence-corrected chi connectivity index (χ3v) is 8.41. The first-order chi connectivity index (χ1) is 23.6. The Hall–Kier alpha value is -2.86. The summed E-state index contributed by atoms with van der Waals surface area (Å²) < 4.78 is 69.6. The second kappa shape index (κ2) is 16.4. The van der Waals surface area contributed by atoms with E-state index in [1.807, 2.05) is 0 Å². The maximum absolute atomic E-state index is 11.5. The number of ether oxygens (including phenoxy) is 4. The van der Waals surface area contributed by atoms with E-state index in [-0.39, 0.29) is 40.4 Å². The lowest BCUT2D eigenvalue weighted by atomic mass is 10.1. The molecule has 4 rings (SSSR count). The van der Waals surface area contributed by atoms with E-state index in [0.717, 1.165) is 12.7 Å². The lowest BCUT2D eigenvalue weighted by Crippen LogP contribution is -2.27. The second-order valence-corrected chi connectivity index (χ2v) is 17.0. The molecule has 30 heteroatoms. The largest absolute Gasteiger partial charge is 0.363 e. The maximum Gasteiger partial charge on any atom is 0.351 e. The molecule has 26 nitrogen and oxygen atoms in total. The Balaban J connectivity index is 1.54. The van der Waals surface area contributed by atoms with E-state index in [9.17, 15) is 57.4 Å². The summed E-state index contributed by atoms with van der Waals surface area (Å²) in [6.45, 7) is 2.65. The monoisotopic (exact) mass is 806 g/mol. The molecule has 10 N–H and O–H groups in total. The predicted molar refractivity (Wildman–Crippen MR) is 171 cm³/mol. The topological polar surface area (TPSA) is 378 Å². The smallest absolute Gasteiger partial charge is 0.351 e. The first-order valence-electron chi connectivity index (χ1n) is 14.1. The third-order valence-electron chi connectivity index (χ3n) is 6.47. The Morgan fingerprint density at radius 1 is 0.569 bits per heavy atom. The van der Waals surface area contributed by atoms with Crippen molar-refractivity contribution in [2.24, 2.45) is 0 Å². The molecule has 0 saturated carbocycles. The highest BCUT2D eigenvalue weighted by Crippen LogP contribution is 2.41. The van der Waals surface area contributed by atoms with Gasteiger partial charge in [-0.25, -0.2) is 39.3 Å². The predicted octanol–water partition coefficient (Wildman–Crippen LogP) is -0.823. The lowest BCUT2D eigenvalue weighted by molar-refractivity contribution is -0.0489. The van der Waals surface area contributed by atoms with E-state index < -0.39 is 80.2 Å². The third kappa shape index (κ3) is 12.1.